The number of fused-ring (bicyclic) bond motifs is 1. The first kappa shape index (κ1) is 5.77. The Bertz CT molecular complexity index is 229. The van der Waals surface area contributed by atoms with Crippen molar-refractivity contribution in [2.45, 2.75) is 12.8 Å². The van der Waals surface area contributed by atoms with Crippen LogP contribution in [-0.4, -0.2) is 23.8 Å². The average molecular weight is 137 g/mol. The molecule has 2 heterocycles. The molecule has 3 nitrogen and oxygen atoms in total. The Kier molecular flexibility index (Phi) is 1.16. The summed E-state index contributed by atoms with van der Waals surface area (Å²) >= 11 is 0. The van der Waals surface area contributed by atoms with Gasteiger partial charge in [0.1, 0.15) is 5.82 Å². The maximum Gasteiger partial charge on any atom is 0.126 e. The predicted octanol–water partition coefficient (Wildman–Crippen LogP) is 0.792. The quantitative estimate of drug-likeness (QED) is 0.573. The summed E-state index contributed by atoms with van der Waals surface area (Å²) in [4.78, 5) is 2.21. The molecule has 0 saturated carbocycles. The lowest BCUT2D eigenvalue weighted by Gasteiger charge is -2.22. The van der Waals surface area contributed by atoms with Gasteiger partial charge in [-0.05, 0) is 12.8 Å². The van der Waals surface area contributed by atoms with Crippen molar-refractivity contribution in [2.75, 3.05) is 18.5 Å². The van der Waals surface area contributed by atoms with Crippen molar-refractivity contribution in [1.29, 1.82) is 0 Å². The summed E-state index contributed by atoms with van der Waals surface area (Å²) < 4.78 is 0. The van der Waals surface area contributed by atoms with Crippen LogP contribution in [0, 0.1) is 0 Å². The number of hydrogen-bond acceptors (Lipinski definition) is 2. The molecule has 0 saturated heterocycles. The molecule has 54 valence electrons. The Hall–Kier alpha value is -0.990. The highest BCUT2D eigenvalue weighted by Gasteiger charge is 2.13. The predicted molar refractivity (Wildman–Crippen MR) is 40.2 cm³/mol. The van der Waals surface area contributed by atoms with Gasteiger partial charge in [-0.15, -0.1) is 0 Å². The molecule has 0 aliphatic carbocycles. The SMILES string of the molecule is CN1CCCc2cn[nH]c21. The Morgan fingerprint density at radius 3 is 3.40 bits per heavy atom. The van der Waals surface area contributed by atoms with Gasteiger partial charge >= 0.3 is 0 Å². The molecule has 0 radical (unpaired) electrons. The van der Waals surface area contributed by atoms with Gasteiger partial charge in [0.15, 0.2) is 0 Å². The molecule has 0 atom stereocenters. The number of H-pyrrole nitrogens is 1. The van der Waals surface area contributed by atoms with Crippen LogP contribution in [0.1, 0.15) is 12.0 Å². The van der Waals surface area contributed by atoms with Crippen molar-refractivity contribution in [2.24, 2.45) is 0 Å². The van der Waals surface area contributed by atoms with Crippen molar-refractivity contribution in [3.05, 3.63) is 11.8 Å². The molecule has 1 N–H and O–H groups in total. The van der Waals surface area contributed by atoms with Crippen LogP contribution in [0.5, 0.6) is 0 Å². The van der Waals surface area contributed by atoms with Gasteiger partial charge in [0, 0.05) is 19.2 Å². The molecule has 2 rings (SSSR count). The van der Waals surface area contributed by atoms with Gasteiger partial charge in [0.05, 0.1) is 6.20 Å². The van der Waals surface area contributed by atoms with Crippen LogP contribution in [0.2, 0.25) is 0 Å². The molecule has 1 aromatic rings. The summed E-state index contributed by atoms with van der Waals surface area (Å²) in [6.45, 7) is 1.15. The number of rotatable bonds is 0. The summed E-state index contributed by atoms with van der Waals surface area (Å²) in [6, 6.07) is 0. The van der Waals surface area contributed by atoms with Crippen molar-refractivity contribution < 1.29 is 0 Å². The zero-order valence-electron chi connectivity index (χ0n) is 6.09. The highest BCUT2D eigenvalue weighted by atomic mass is 15.3. The van der Waals surface area contributed by atoms with E-state index in [1.54, 1.807) is 0 Å². The van der Waals surface area contributed by atoms with Crippen molar-refractivity contribution in [3.8, 4) is 0 Å². The molecule has 0 bridgehead atoms. The second-order valence-corrected chi connectivity index (χ2v) is 2.77. The fourth-order valence-corrected chi connectivity index (χ4v) is 1.44. The van der Waals surface area contributed by atoms with Crippen LogP contribution in [0.4, 0.5) is 5.82 Å². The normalized spacial score (nSPS) is 17.1. The fraction of sp³-hybridized carbons (Fsp3) is 0.571. The molecule has 0 fully saturated rings. The number of nitrogens with one attached hydrogen (secondary N) is 1. The second-order valence-electron chi connectivity index (χ2n) is 2.77. The van der Waals surface area contributed by atoms with E-state index in [4.69, 9.17) is 0 Å². The summed E-state index contributed by atoms with van der Waals surface area (Å²) in [5.41, 5.74) is 1.36. The van der Waals surface area contributed by atoms with E-state index in [2.05, 4.69) is 22.1 Å². The van der Waals surface area contributed by atoms with Crippen molar-refractivity contribution in [3.63, 3.8) is 0 Å². The molecule has 1 aliphatic rings. The van der Waals surface area contributed by atoms with Gasteiger partial charge in [-0.1, -0.05) is 0 Å². The van der Waals surface area contributed by atoms with Crippen LogP contribution in [0.3, 0.4) is 0 Å². The minimum absolute atomic E-state index is 1.15. The maximum atomic E-state index is 3.99. The monoisotopic (exact) mass is 137 g/mol. The van der Waals surface area contributed by atoms with E-state index < -0.39 is 0 Å². The minimum Gasteiger partial charge on any atom is -0.360 e. The summed E-state index contributed by atoms with van der Waals surface area (Å²) in [5, 5.41) is 6.97. The Morgan fingerprint density at radius 2 is 2.60 bits per heavy atom. The van der Waals surface area contributed by atoms with E-state index in [1.807, 2.05) is 6.20 Å². The number of aromatic nitrogens is 2. The number of aromatic amines is 1. The number of anilines is 1. The van der Waals surface area contributed by atoms with Gasteiger partial charge in [0.2, 0.25) is 0 Å². The fourth-order valence-electron chi connectivity index (χ4n) is 1.44. The highest BCUT2D eigenvalue weighted by Crippen LogP contribution is 2.21. The summed E-state index contributed by atoms with van der Waals surface area (Å²) in [6.07, 6.45) is 4.35. The lowest BCUT2D eigenvalue weighted by molar-refractivity contribution is 0.738. The van der Waals surface area contributed by atoms with Gasteiger partial charge in [0.25, 0.3) is 0 Å². The van der Waals surface area contributed by atoms with Crippen LogP contribution >= 0.6 is 0 Å². The Morgan fingerprint density at radius 1 is 1.70 bits per heavy atom. The minimum atomic E-state index is 1.15. The average Bonchev–Trinajstić information content (AvgIpc) is 2.36. The molecule has 1 aliphatic heterocycles. The first-order chi connectivity index (χ1) is 4.88. The third-order valence-electron chi connectivity index (χ3n) is 2.02. The molecule has 0 spiro atoms. The standard InChI is InChI=1S/C7H11N3/c1-10-4-2-3-6-5-8-9-7(6)10/h5H,2-4H2,1H3,(H,8,9). The van der Waals surface area contributed by atoms with Crippen LogP contribution < -0.4 is 4.90 Å². The first-order valence-corrected chi connectivity index (χ1v) is 3.61. The zero-order chi connectivity index (χ0) is 6.97. The molecule has 0 aromatic carbocycles. The maximum absolute atomic E-state index is 3.99. The Balaban J connectivity index is 2.41. The Labute approximate surface area is 60.0 Å². The zero-order valence-corrected chi connectivity index (χ0v) is 6.09. The van der Waals surface area contributed by atoms with Gasteiger partial charge in [-0.3, -0.25) is 5.10 Å². The number of aryl methyl sites for hydroxylation is 1. The van der Waals surface area contributed by atoms with E-state index in [9.17, 15) is 0 Å². The smallest absolute Gasteiger partial charge is 0.126 e. The molecule has 3 heteroatoms. The largest absolute Gasteiger partial charge is 0.360 e. The van der Waals surface area contributed by atoms with Crippen LogP contribution in [0.15, 0.2) is 6.20 Å². The van der Waals surface area contributed by atoms with Gasteiger partial charge in [-0.25, -0.2) is 0 Å². The molecule has 0 unspecified atom stereocenters. The third kappa shape index (κ3) is 0.701. The van der Waals surface area contributed by atoms with Gasteiger partial charge < -0.3 is 4.90 Å². The second kappa shape index (κ2) is 2.01. The first-order valence-electron chi connectivity index (χ1n) is 3.61. The molecular formula is C7H11N3. The molecule has 10 heavy (non-hydrogen) atoms. The molecular weight excluding hydrogens is 126 g/mol. The topological polar surface area (TPSA) is 31.9 Å². The highest BCUT2D eigenvalue weighted by molar-refractivity contribution is 5.46. The van der Waals surface area contributed by atoms with E-state index in [0.29, 0.717) is 0 Å². The lowest BCUT2D eigenvalue weighted by atomic mass is 10.1. The summed E-state index contributed by atoms with van der Waals surface area (Å²) in [5.74, 6) is 1.20. The summed E-state index contributed by atoms with van der Waals surface area (Å²) in [7, 11) is 2.09. The van der Waals surface area contributed by atoms with Crippen molar-refractivity contribution >= 4 is 5.82 Å². The number of nitrogens with zero attached hydrogens (tertiary/aromatic N) is 2. The lowest BCUT2D eigenvalue weighted by Crippen LogP contribution is -2.24. The molecule has 1 aromatic heterocycles. The van der Waals surface area contributed by atoms with E-state index in [1.165, 1.54) is 24.2 Å². The number of hydrogen-bond donors (Lipinski definition) is 1. The van der Waals surface area contributed by atoms with Crippen molar-refractivity contribution in [1.82, 2.24) is 10.2 Å². The van der Waals surface area contributed by atoms with Crippen LogP contribution in [0.25, 0.3) is 0 Å². The van der Waals surface area contributed by atoms with E-state index in [-0.39, 0.29) is 0 Å². The van der Waals surface area contributed by atoms with E-state index >= 15 is 0 Å². The third-order valence-corrected chi connectivity index (χ3v) is 2.02. The van der Waals surface area contributed by atoms with Crippen LogP contribution in [-0.2, 0) is 6.42 Å². The molecule has 0 amide bonds. The van der Waals surface area contributed by atoms with Gasteiger partial charge in [-0.2, -0.15) is 5.10 Å². The van der Waals surface area contributed by atoms with E-state index in [0.717, 1.165) is 6.54 Å².